The number of halogens is 3. The number of nitrogens with one attached hydrogen (secondary N) is 1. The molecule has 0 aliphatic carbocycles. The van der Waals surface area contributed by atoms with Crippen molar-refractivity contribution in [3.63, 3.8) is 0 Å². The zero-order valence-electron chi connectivity index (χ0n) is 33.2. The van der Waals surface area contributed by atoms with Crippen LogP contribution >= 0.6 is 11.3 Å². The number of aromatic nitrogens is 3. The van der Waals surface area contributed by atoms with E-state index in [-0.39, 0.29) is 68.5 Å². The van der Waals surface area contributed by atoms with E-state index < -0.39 is 40.6 Å². The highest BCUT2D eigenvalue weighted by Gasteiger charge is 2.50. The molecular formula is C40H48F3N7O6S. The van der Waals surface area contributed by atoms with Gasteiger partial charge in [-0.15, -0.1) is 0 Å². The standard InChI is InChI=1S/C40H48F3N7O6S/c1-38(2,3)55-36(51)47-35-45-31-24(11-12-26(42)32(31)57-35)28-27(53-7)15-25-30(29(28)43)44-34(54-20-40-13-8-14-49(40)17-21(41)16-40)46-33(25)48-18-22-9-10-23(19-48)50(22)37(52)56-39(4,5)6/h11-12,15,21-23H,8-10,13-14,16-20H2,1-7H3,(H,45,47,51)/t21-,22?,23?,40+/m1/s1. The van der Waals surface area contributed by atoms with Gasteiger partial charge in [-0.3, -0.25) is 15.1 Å². The van der Waals surface area contributed by atoms with Crippen LogP contribution in [0.15, 0.2) is 18.2 Å². The number of hydrogen-bond acceptors (Lipinski definition) is 12. The summed E-state index contributed by atoms with van der Waals surface area (Å²) >= 11 is 0.889. The monoisotopic (exact) mass is 811 g/mol. The van der Waals surface area contributed by atoms with Crippen LogP contribution in [0.2, 0.25) is 0 Å². The van der Waals surface area contributed by atoms with Crippen molar-refractivity contribution < 1.29 is 41.7 Å². The molecule has 0 spiro atoms. The third-order valence-corrected chi connectivity index (χ3v) is 12.0. The quantitative estimate of drug-likeness (QED) is 0.194. The van der Waals surface area contributed by atoms with Gasteiger partial charge in [-0.25, -0.2) is 27.7 Å². The van der Waals surface area contributed by atoms with Gasteiger partial charge in [0.05, 0.1) is 40.5 Å². The predicted molar refractivity (Wildman–Crippen MR) is 210 cm³/mol. The first-order valence-corrected chi connectivity index (χ1v) is 20.2. The molecule has 0 saturated carbocycles. The minimum atomic E-state index is -0.968. The van der Waals surface area contributed by atoms with Gasteiger partial charge < -0.3 is 23.8 Å². The van der Waals surface area contributed by atoms with Crippen LogP contribution in [0.25, 0.3) is 32.2 Å². The highest BCUT2D eigenvalue weighted by molar-refractivity contribution is 7.22. The molecule has 1 N–H and O–H groups in total. The van der Waals surface area contributed by atoms with Crippen LogP contribution in [0, 0.1) is 11.6 Å². The Hall–Kier alpha value is -4.64. The van der Waals surface area contributed by atoms with Gasteiger partial charge in [-0.2, -0.15) is 9.97 Å². The maximum Gasteiger partial charge on any atom is 0.413 e. The molecule has 4 fully saturated rings. The van der Waals surface area contributed by atoms with Crippen molar-refractivity contribution >= 4 is 55.6 Å². The number of amides is 2. The summed E-state index contributed by atoms with van der Waals surface area (Å²) in [5, 5.41) is 2.97. The Morgan fingerprint density at radius 3 is 2.39 bits per heavy atom. The van der Waals surface area contributed by atoms with Crippen LogP contribution in [-0.4, -0.2) is 112 Å². The molecule has 2 aromatic carbocycles. The first-order chi connectivity index (χ1) is 26.9. The summed E-state index contributed by atoms with van der Waals surface area (Å²) in [5.41, 5.74) is -1.72. The third kappa shape index (κ3) is 7.48. The number of benzene rings is 2. The Balaban J connectivity index is 1.22. The van der Waals surface area contributed by atoms with E-state index in [1.165, 1.54) is 19.2 Å². The highest BCUT2D eigenvalue weighted by atomic mass is 32.1. The summed E-state index contributed by atoms with van der Waals surface area (Å²) in [6.45, 7) is 12.7. The Kier molecular flexibility index (Phi) is 9.85. The number of nitrogens with zero attached hydrogens (tertiary/aromatic N) is 6. The van der Waals surface area contributed by atoms with Crippen LogP contribution in [-0.2, 0) is 9.47 Å². The first-order valence-electron chi connectivity index (χ1n) is 19.4. The second-order valence-electron chi connectivity index (χ2n) is 17.5. The molecule has 0 radical (unpaired) electrons. The fourth-order valence-corrected chi connectivity index (χ4v) is 9.73. The van der Waals surface area contributed by atoms with Crippen LogP contribution in [0.5, 0.6) is 11.8 Å². The van der Waals surface area contributed by atoms with Crippen molar-refractivity contribution in [3.05, 3.63) is 29.8 Å². The van der Waals surface area contributed by atoms with Crippen molar-refractivity contribution in [1.29, 1.82) is 0 Å². The molecule has 4 aliphatic rings. The Bertz CT molecular complexity index is 2230. The number of ether oxygens (including phenoxy) is 4. The number of rotatable bonds is 7. The number of fused-ring (bicyclic) bond motifs is 5. The smallest absolute Gasteiger partial charge is 0.413 e. The summed E-state index contributed by atoms with van der Waals surface area (Å²) in [6, 6.07) is 3.85. The molecule has 2 amide bonds. The van der Waals surface area contributed by atoms with Crippen molar-refractivity contribution in [1.82, 2.24) is 24.8 Å². The van der Waals surface area contributed by atoms with E-state index >= 15 is 8.78 Å². The van der Waals surface area contributed by atoms with Gasteiger partial charge in [0.25, 0.3) is 0 Å². The number of carbonyl (C=O) groups is 2. The number of carbonyl (C=O) groups excluding carboxylic acids is 2. The fraction of sp³-hybridized carbons (Fsp3) is 0.575. The topological polar surface area (TPSA) is 131 Å². The third-order valence-electron chi connectivity index (χ3n) is 11.1. The lowest BCUT2D eigenvalue weighted by molar-refractivity contribution is 0.0122. The Labute approximate surface area is 332 Å². The second kappa shape index (κ2) is 14.3. The van der Waals surface area contributed by atoms with Crippen LogP contribution < -0.4 is 19.7 Å². The normalized spacial score (nSPS) is 23.6. The minimum Gasteiger partial charge on any atom is -0.496 e. The molecule has 2 unspecified atom stereocenters. The fourth-order valence-electron chi connectivity index (χ4n) is 8.84. The summed E-state index contributed by atoms with van der Waals surface area (Å²) in [7, 11) is 1.41. The molecule has 13 nitrogen and oxygen atoms in total. The molecule has 17 heteroatoms. The van der Waals surface area contributed by atoms with Gasteiger partial charge >= 0.3 is 18.2 Å². The van der Waals surface area contributed by atoms with Crippen molar-refractivity contribution in [2.75, 3.05) is 50.1 Å². The lowest BCUT2D eigenvalue weighted by Crippen LogP contribution is -2.57. The number of alkyl halides is 1. The number of methoxy groups -OCH3 is 1. The lowest BCUT2D eigenvalue weighted by Gasteiger charge is -2.42. The minimum absolute atomic E-state index is 0.0221. The molecule has 6 heterocycles. The van der Waals surface area contributed by atoms with Crippen LogP contribution in [0.3, 0.4) is 0 Å². The maximum absolute atomic E-state index is 17.5. The molecule has 4 atom stereocenters. The molecule has 2 aromatic heterocycles. The average molecular weight is 812 g/mol. The Morgan fingerprint density at radius 2 is 1.70 bits per heavy atom. The summed E-state index contributed by atoms with van der Waals surface area (Å²) in [4.78, 5) is 45.9. The van der Waals surface area contributed by atoms with Gasteiger partial charge in [0.2, 0.25) is 0 Å². The molecule has 8 rings (SSSR count). The van der Waals surface area contributed by atoms with Crippen molar-refractivity contribution in [2.45, 2.75) is 109 Å². The summed E-state index contributed by atoms with van der Waals surface area (Å²) in [6.07, 6.45) is 1.42. The van der Waals surface area contributed by atoms with E-state index in [0.29, 0.717) is 37.3 Å². The van der Waals surface area contributed by atoms with Crippen LogP contribution in [0.1, 0.15) is 73.6 Å². The van der Waals surface area contributed by atoms with Gasteiger partial charge in [0.1, 0.15) is 46.9 Å². The van der Waals surface area contributed by atoms with E-state index in [9.17, 15) is 14.0 Å². The van der Waals surface area contributed by atoms with Gasteiger partial charge in [0.15, 0.2) is 10.9 Å². The number of piperazine rings is 1. The zero-order valence-corrected chi connectivity index (χ0v) is 34.0. The molecule has 4 saturated heterocycles. The van der Waals surface area contributed by atoms with Gasteiger partial charge in [-0.1, -0.05) is 11.3 Å². The van der Waals surface area contributed by atoms with Crippen molar-refractivity contribution in [2.24, 2.45) is 0 Å². The van der Waals surface area contributed by atoms with Gasteiger partial charge in [0, 0.05) is 37.0 Å². The molecule has 306 valence electrons. The van der Waals surface area contributed by atoms with E-state index in [1.807, 2.05) is 30.6 Å². The molecule has 4 aliphatic heterocycles. The van der Waals surface area contributed by atoms with Gasteiger partial charge in [-0.05, 0) is 92.0 Å². The molecular weight excluding hydrogens is 764 g/mol. The van der Waals surface area contributed by atoms with E-state index in [4.69, 9.17) is 23.9 Å². The predicted octanol–water partition coefficient (Wildman–Crippen LogP) is 8.08. The summed E-state index contributed by atoms with van der Waals surface area (Å²) in [5.74, 6) is -0.860. The second-order valence-corrected chi connectivity index (χ2v) is 18.5. The molecule has 57 heavy (non-hydrogen) atoms. The van der Waals surface area contributed by atoms with Crippen LogP contribution in [0.4, 0.5) is 33.7 Å². The number of anilines is 2. The van der Waals surface area contributed by atoms with E-state index in [2.05, 4.69) is 20.2 Å². The molecule has 4 aromatic rings. The van der Waals surface area contributed by atoms with E-state index in [0.717, 1.165) is 43.6 Å². The number of thiazole rings is 1. The average Bonchev–Trinajstić information content (AvgIpc) is 3.86. The first kappa shape index (κ1) is 39.2. The number of hydrogen-bond donors (Lipinski definition) is 1. The largest absolute Gasteiger partial charge is 0.496 e. The zero-order chi connectivity index (χ0) is 40.6. The maximum atomic E-state index is 17.5. The van der Waals surface area contributed by atoms with Crippen molar-refractivity contribution in [3.8, 4) is 22.9 Å². The Morgan fingerprint density at radius 1 is 0.982 bits per heavy atom. The SMILES string of the molecule is COc1cc2c(N3CC4CCC(C3)N4C(=O)OC(C)(C)C)nc(OC[C@@]34CCCN3C[C@H](F)C4)nc2c(F)c1-c1ccc(F)c2sc(NC(=O)OC(C)(C)C)nc12. The lowest BCUT2D eigenvalue weighted by atomic mass is 9.95. The molecule has 2 bridgehead atoms. The highest BCUT2D eigenvalue weighted by Crippen LogP contribution is 2.46. The van der Waals surface area contributed by atoms with E-state index in [1.54, 1.807) is 26.8 Å². The summed E-state index contributed by atoms with van der Waals surface area (Å²) < 4.78 is 70.8.